The van der Waals surface area contributed by atoms with Crippen LogP contribution in [-0.2, 0) is 16.8 Å². The minimum atomic E-state index is -3.45. The maximum absolute atomic E-state index is 12.1. The van der Waals surface area contributed by atoms with E-state index in [1.807, 2.05) is 30.3 Å². The Bertz CT molecular complexity index is 448. The van der Waals surface area contributed by atoms with Gasteiger partial charge in [0.2, 0.25) is 0 Å². The van der Waals surface area contributed by atoms with Gasteiger partial charge in [-0.3, -0.25) is 0 Å². The van der Waals surface area contributed by atoms with Crippen LogP contribution in [0, 0.1) is 0 Å². The monoisotopic (exact) mass is 272 g/mol. The fourth-order valence-corrected chi connectivity index (χ4v) is 2.72. The fourth-order valence-electron chi connectivity index (χ4n) is 1.57. The summed E-state index contributed by atoms with van der Waals surface area (Å²) in [5, 5.41) is 8.72. The average Bonchev–Trinajstić information content (AvgIpc) is 2.36. The molecule has 1 aromatic carbocycles. The molecule has 0 atom stereocenters. The topological polar surface area (TPSA) is 60.9 Å². The van der Waals surface area contributed by atoms with E-state index in [9.17, 15) is 8.42 Å². The van der Waals surface area contributed by atoms with Crippen LogP contribution in [0.5, 0.6) is 0 Å². The molecular formula is C12H20N2O3S. The summed E-state index contributed by atoms with van der Waals surface area (Å²) in [6, 6.07) is 9.43. The first-order valence-electron chi connectivity index (χ1n) is 5.81. The second-order valence-electron chi connectivity index (χ2n) is 4.15. The zero-order valence-corrected chi connectivity index (χ0v) is 11.6. The van der Waals surface area contributed by atoms with Gasteiger partial charge in [0.1, 0.15) is 0 Å². The second kappa shape index (κ2) is 6.84. The average molecular weight is 272 g/mol. The molecule has 0 unspecified atom stereocenters. The van der Waals surface area contributed by atoms with Gasteiger partial charge < -0.3 is 5.11 Å². The van der Waals surface area contributed by atoms with E-state index in [1.54, 1.807) is 7.05 Å². The molecule has 0 aliphatic heterocycles. The lowest BCUT2D eigenvalue weighted by atomic mass is 10.2. The zero-order chi connectivity index (χ0) is 13.6. The molecule has 0 spiro atoms. The SMILES string of the molecule is CN(CCCO)S(=O)(=O)N(C)Cc1ccccc1. The van der Waals surface area contributed by atoms with Crippen LogP contribution in [0.4, 0.5) is 0 Å². The summed E-state index contributed by atoms with van der Waals surface area (Å²) in [5.41, 5.74) is 0.944. The molecule has 1 aromatic rings. The van der Waals surface area contributed by atoms with E-state index >= 15 is 0 Å². The van der Waals surface area contributed by atoms with Gasteiger partial charge in [-0.2, -0.15) is 17.0 Å². The highest BCUT2D eigenvalue weighted by atomic mass is 32.2. The van der Waals surface area contributed by atoms with Crippen molar-refractivity contribution in [3.63, 3.8) is 0 Å². The lowest BCUT2D eigenvalue weighted by Crippen LogP contribution is -2.39. The van der Waals surface area contributed by atoms with Gasteiger partial charge in [0.15, 0.2) is 0 Å². The molecule has 0 saturated carbocycles. The Balaban J connectivity index is 2.67. The summed E-state index contributed by atoms with van der Waals surface area (Å²) in [6.07, 6.45) is 0.439. The van der Waals surface area contributed by atoms with Crippen molar-refractivity contribution in [2.24, 2.45) is 0 Å². The zero-order valence-electron chi connectivity index (χ0n) is 10.8. The van der Waals surface area contributed by atoms with Crippen LogP contribution in [0.25, 0.3) is 0 Å². The largest absolute Gasteiger partial charge is 0.396 e. The van der Waals surface area contributed by atoms with E-state index in [0.29, 0.717) is 19.5 Å². The lowest BCUT2D eigenvalue weighted by molar-refractivity contribution is 0.272. The number of hydrogen-bond donors (Lipinski definition) is 1. The molecule has 0 radical (unpaired) electrons. The van der Waals surface area contributed by atoms with Gasteiger partial charge in [-0.05, 0) is 12.0 Å². The summed E-state index contributed by atoms with van der Waals surface area (Å²) >= 11 is 0. The number of rotatable bonds is 7. The minimum Gasteiger partial charge on any atom is -0.396 e. The Morgan fingerprint density at radius 1 is 1.11 bits per heavy atom. The van der Waals surface area contributed by atoms with Crippen LogP contribution < -0.4 is 0 Å². The molecule has 1 rings (SSSR count). The molecule has 1 N–H and O–H groups in total. The molecule has 0 fully saturated rings. The Morgan fingerprint density at radius 2 is 1.72 bits per heavy atom. The second-order valence-corrected chi connectivity index (χ2v) is 6.29. The molecule has 18 heavy (non-hydrogen) atoms. The first-order chi connectivity index (χ1) is 8.48. The van der Waals surface area contributed by atoms with E-state index in [4.69, 9.17) is 5.11 Å². The van der Waals surface area contributed by atoms with Gasteiger partial charge in [0.05, 0.1) is 0 Å². The van der Waals surface area contributed by atoms with Gasteiger partial charge in [0.25, 0.3) is 10.2 Å². The molecule has 0 saturated heterocycles. The van der Waals surface area contributed by atoms with Gasteiger partial charge in [-0.1, -0.05) is 30.3 Å². The highest BCUT2D eigenvalue weighted by Gasteiger charge is 2.22. The standard InChI is InChI=1S/C12H20N2O3S/c1-13(9-6-10-15)18(16,17)14(2)11-12-7-4-3-5-8-12/h3-5,7-8,15H,6,9-11H2,1-2H3. The molecule has 0 aliphatic carbocycles. The highest BCUT2D eigenvalue weighted by Crippen LogP contribution is 2.10. The van der Waals surface area contributed by atoms with Crippen LogP contribution in [0.3, 0.4) is 0 Å². The summed E-state index contributed by atoms with van der Waals surface area (Å²) in [6.45, 7) is 0.646. The van der Waals surface area contributed by atoms with Gasteiger partial charge in [-0.15, -0.1) is 0 Å². The van der Waals surface area contributed by atoms with Crippen molar-refractivity contribution in [3.8, 4) is 0 Å². The third-order valence-electron chi connectivity index (χ3n) is 2.67. The van der Waals surface area contributed by atoms with Crippen LogP contribution in [0.1, 0.15) is 12.0 Å². The summed E-state index contributed by atoms with van der Waals surface area (Å²) < 4.78 is 26.8. The van der Waals surface area contributed by atoms with E-state index in [-0.39, 0.29) is 6.61 Å². The molecule has 0 amide bonds. The number of aliphatic hydroxyl groups excluding tert-OH is 1. The predicted octanol–water partition coefficient (Wildman–Crippen LogP) is 0.677. The van der Waals surface area contributed by atoms with E-state index in [2.05, 4.69) is 0 Å². The van der Waals surface area contributed by atoms with Crippen molar-refractivity contribution in [1.29, 1.82) is 0 Å². The summed E-state index contributed by atoms with van der Waals surface area (Å²) in [5.74, 6) is 0. The predicted molar refractivity (Wildman–Crippen MR) is 71.2 cm³/mol. The molecular weight excluding hydrogens is 252 g/mol. The van der Waals surface area contributed by atoms with Crippen LogP contribution in [-0.4, -0.2) is 49.4 Å². The molecule has 0 heterocycles. The maximum Gasteiger partial charge on any atom is 0.281 e. The van der Waals surface area contributed by atoms with Gasteiger partial charge in [0, 0.05) is 33.8 Å². The lowest BCUT2D eigenvalue weighted by Gasteiger charge is -2.24. The smallest absolute Gasteiger partial charge is 0.281 e. The Labute approximate surface area is 109 Å². The van der Waals surface area contributed by atoms with Gasteiger partial charge >= 0.3 is 0 Å². The van der Waals surface area contributed by atoms with Crippen molar-refractivity contribution in [3.05, 3.63) is 35.9 Å². The third kappa shape index (κ3) is 4.06. The molecule has 0 aliphatic rings. The number of nitrogens with zero attached hydrogens (tertiary/aromatic N) is 2. The maximum atomic E-state index is 12.1. The van der Waals surface area contributed by atoms with Gasteiger partial charge in [-0.25, -0.2) is 0 Å². The third-order valence-corrected chi connectivity index (χ3v) is 4.55. The van der Waals surface area contributed by atoms with E-state index in [0.717, 1.165) is 5.56 Å². The molecule has 6 heteroatoms. The first-order valence-corrected chi connectivity index (χ1v) is 7.20. The number of hydrogen-bond acceptors (Lipinski definition) is 3. The van der Waals surface area contributed by atoms with Crippen molar-refractivity contribution in [2.75, 3.05) is 27.2 Å². The van der Waals surface area contributed by atoms with Crippen LogP contribution >= 0.6 is 0 Å². The molecule has 0 bridgehead atoms. The quantitative estimate of drug-likeness (QED) is 0.794. The van der Waals surface area contributed by atoms with Crippen molar-refractivity contribution in [1.82, 2.24) is 8.61 Å². The Hall–Kier alpha value is -0.950. The summed E-state index contributed by atoms with van der Waals surface area (Å²) in [7, 11) is -0.380. The Morgan fingerprint density at radius 3 is 2.28 bits per heavy atom. The van der Waals surface area contributed by atoms with Crippen molar-refractivity contribution < 1.29 is 13.5 Å². The number of benzene rings is 1. The van der Waals surface area contributed by atoms with Crippen LogP contribution in [0.2, 0.25) is 0 Å². The van der Waals surface area contributed by atoms with E-state index < -0.39 is 10.2 Å². The van der Waals surface area contributed by atoms with Crippen molar-refractivity contribution >= 4 is 10.2 Å². The van der Waals surface area contributed by atoms with Crippen molar-refractivity contribution in [2.45, 2.75) is 13.0 Å². The van der Waals surface area contributed by atoms with E-state index in [1.165, 1.54) is 15.7 Å². The fraction of sp³-hybridized carbons (Fsp3) is 0.500. The first kappa shape index (κ1) is 15.1. The normalized spacial score (nSPS) is 12.3. The Kier molecular flexibility index (Phi) is 5.74. The summed E-state index contributed by atoms with van der Waals surface area (Å²) in [4.78, 5) is 0. The minimum absolute atomic E-state index is 0.0116. The molecule has 0 aromatic heterocycles. The van der Waals surface area contributed by atoms with Crippen LogP contribution in [0.15, 0.2) is 30.3 Å². The molecule has 102 valence electrons. The number of aliphatic hydroxyl groups is 1. The molecule has 5 nitrogen and oxygen atoms in total. The highest BCUT2D eigenvalue weighted by molar-refractivity contribution is 7.86.